The molecular weight excluding hydrogens is 268 g/mol. The van der Waals surface area contributed by atoms with Crippen LogP contribution in [0.5, 0.6) is 0 Å². The van der Waals surface area contributed by atoms with Gasteiger partial charge >= 0.3 is 5.97 Å². The van der Waals surface area contributed by atoms with E-state index in [1.54, 1.807) is 4.90 Å². The highest BCUT2D eigenvalue weighted by molar-refractivity contribution is 6.31. The van der Waals surface area contributed by atoms with Gasteiger partial charge in [-0.3, -0.25) is 0 Å². The smallest absolute Gasteiger partial charge is 0.356 e. The summed E-state index contributed by atoms with van der Waals surface area (Å²) in [5.41, 5.74) is -0.272. The van der Waals surface area contributed by atoms with Crippen molar-refractivity contribution in [2.45, 2.75) is 18.8 Å². The Labute approximate surface area is 106 Å². The van der Waals surface area contributed by atoms with Gasteiger partial charge < -0.3 is 10.0 Å². The first-order valence-corrected chi connectivity index (χ1v) is 5.65. The van der Waals surface area contributed by atoms with E-state index >= 15 is 0 Å². The fraction of sp³-hybridized carbons (Fsp3) is 0.500. The molecule has 1 aromatic heterocycles. The summed E-state index contributed by atoms with van der Waals surface area (Å²) >= 11 is 5.81. The number of carboxylic acids is 1. The van der Waals surface area contributed by atoms with Crippen LogP contribution in [0.3, 0.4) is 0 Å². The highest BCUT2D eigenvalue weighted by Crippen LogP contribution is 2.31. The number of anilines is 1. The second-order valence-electron chi connectivity index (χ2n) is 4.02. The van der Waals surface area contributed by atoms with E-state index in [0.717, 1.165) is 6.20 Å². The van der Waals surface area contributed by atoms with Crippen molar-refractivity contribution in [3.05, 3.63) is 17.0 Å². The van der Waals surface area contributed by atoms with E-state index < -0.39 is 11.9 Å². The zero-order chi connectivity index (χ0) is 13.3. The van der Waals surface area contributed by atoms with Gasteiger partial charge in [0.05, 0.1) is 6.20 Å². The average molecular weight is 278 g/mol. The molecular formula is C10H10ClF2N3O2. The molecule has 1 fully saturated rings. The van der Waals surface area contributed by atoms with Crippen LogP contribution < -0.4 is 4.90 Å². The van der Waals surface area contributed by atoms with E-state index in [4.69, 9.17) is 16.7 Å². The minimum Gasteiger partial charge on any atom is -0.476 e. The van der Waals surface area contributed by atoms with Gasteiger partial charge in [-0.05, 0) is 0 Å². The van der Waals surface area contributed by atoms with Gasteiger partial charge in [0.2, 0.25) is 0 Å². The summed E-state index contributed by atoms with van der Waals surface area (Å²) in [4.78, 5) is 19.8. The van der Waals surface area contributed by atoms with Gasteiger partial charge in [-0.1, -0.05) is 11.6 Å². The van der Waals surface area contributed by atoms with Crippen LogP contribution in [-0.2, 0) is 0 Å². The number of aromatic carboxylic acids is 1. The Kier molecular flexibility index (Phi) is 3.34. The van der Waals surface area contributed by atoms with Crippen molar-refractivity contribution in [1.29, 1.82) is 0 Å². The summed E-state index contributed by atoms with van der Waals surface area (Å²) in [6, 6.07) is 0. The Balaban J connectivity index is 2.17. The zero-order valence-corrected chi connectivity index (χ0v) is 9.99. The van der Waals surface area contributed by atoms with Crippen LogP contribution >= 0.6 is 11.6 Å². The summed E-state index contributed by atoms with van der Waals surface area (Å²) in [5, 5.41) is 8.62. The molecule has 1 aromatic rings. The Morgan fingerprint density at radius 3 is 2.56 bits per heavy atom. The topological polar surface area (TPSA) is 66.3 Å². The summed E-state index contributed by atoms with van der Waals surface area (Å²) in [5.74, 6) is -3.64. The first-order valence-electron chi connectivity index (χ1n) is 5.28. The molecule has 18 heavy (non-hydrogen) atoms. The van der Waals surface area contributed by atoms with Crippen LogP contribution in [0.4, 0.5) is 14.6 Å². The molecule has 1 saturated heterocycles. The second kappa shape index (κ2) is 4.64. The number of rotatable bonds is 2. The number of halogens is 3. The van der Waals surface area contributed by atoms with Crippen molar-refractivity contribution in [3.8, 4) is 0 Å². The van der Waals surface area contributed by atoms with Crippen LogP contribution in [0.25, 0.3) is 0 Å². The molecule has 0 amide bonds. The van der Waals surface area contributed by atoms with Crippen LogP contribution in [-0.4, -0.2) is 40.1 Å². The Bertz CT molecular complexity index is 474. The van der Waals surface area contributed by atoms with Crippen LogP contribution in [0, 0.1) is 0 Å². The fourth-order valence-electron chi connectivity index (χ4n) is 1.72. The van der Waals surface area contributed by atoms with Crippen molar-refractivity contribution < 1.29 is 18.7 Å². The minimum atomic E-state index is -2.66. The molecule has 5 nitrogen and oxygen atoms in total. The van der Waals surface area contributed by atoms with Gasteiger partial charge in [-0.25, -0.2) is 23.5 Å². The van der Waals surface area contributed by atoms with Crippen molar-refractivity contribution in [1.82, 2.24) is 9.97 Å². The predicted octanol–water partition coefficient (Wildman–Crippen LogP) is 2.06. The molecule has 2 rings (SSSR count). The Hall–Kier alpha value is -1.50. The molecule has 1 N–H and O–H groups in total. The maximum absolute atomic E-state index is 13.0. The molecule has 0 atom stereocenters. The van der Waals surface area contributed by atoms with E-state index in [-0.39, 0.29) is 42.6 Å². The number of aromatic nitrogens is 2. The molecule has 8 heteroatoms. The van der Waals surface area contributed by atoms with Crippen molar-refractivity contribution in [2.75, 3.05) is 18.0 Å². The highest BCUT2D eigenvalue weighted by atomic mass is 35.5. The third-order valence-electron chi connectivity index (χ3n) is 2.73. The normalized spacial score (nSPS) is 18.7. The largest absolute Gasteiger partial charge is 0.476 e. The maximum Gasteiger partial charge on any atom is 0.356 e. The minimum absolute atomic E-state index is 0.0832. The van der Waals surface area contributed by atoms with Gasteiger partial charge in [0.15, 0.2) is 16.7 Å². The van der Waals surface area contributed by atoms with Crippen LogP contribution in [0.2, 0.25) is 5.15 Å². The van der Waals surface area contributed by atoms with E-state index in [9.17, 15) is 13.6 Å². The molecule has 0 unspecified atom stereocenters. The predicted molar refractivity (Wildman–Crippen MR) is 60.4 cm³/mol. The lowest BCUT2D eigenvalue weighted by atomic mass is 10.1. The molecule has 1 aliphatic heterocycles. The van der Waals surface area contributed by atoms with Crippen molar-refractivity contribution in [3.63, 3.8) is 0 Å². The first kappa shape index (κ1) is 12.9. The van der Waals surface area contributed by atoms with Crippen molar-refractivity contribution >= 4 is 23.4 Å². The lowest BCUT2D eigenvalue weighted by Gasteiger charge is -2.32. The quantitative estimate of drug-likeness (QED) is 0.896. The van der Waals surface area contributed by atoms with Crippen molar-refractivity contribution in [2.24, 2.45) is 0 Å². The molecule has 1 aliphatic rings. The van der Waals surface area contributed by atoms with E-state index in [2.05, 4.69) is 9.97 Å². The molecule has 0 spiro atoms. The number of carbonyl (C=O) groups is 1. The van der Waals surface area contributed by atoms with Crippen LogP contribution in [0.1, 0.15) is 23.3 Å². The van der Waals surface area contributed by atoms with Gasteiger partial charge in [-0.15, -0.1) is 0 Å². The van der Waals surface area contributed by atoms with Gasteiger partial charge in [0, 0.05) is 25.9 Å². The number of nitrogens with zero attached hydrogens (tertiary/aromatic N) is 3. The zero-order valence-electron chi connectivity index (χ0n) is 9.24. The number of alkyl halides is 2. The van der Waals surface area contributed by atoms with E-state index in [1.807, 2.05) is 0 Å². The Morgan fingerprint density at radius 2 is 2.06 bits per heavy atom. The SMILES string of the molecule is O=C(O)c1cnc(N2CCC(F)(F)CC2)c(Cl)n1. The summed E-state index contributed by atoms with van der Waals surface area (Å²) in [6.45, 7) is 0.238. The molecule has 0 bridgehead atoms. The monoisotopic (exact) mass is 277 g/mol. The fourth-order valence-corrected chi connectivity index (χ4v) is 1.98. The molecule has 0 aliphatic carbocycles. The lowest BCUT2D eigenvalue weighted by Crippen LogP contribution is -2.40. The number of carboxylic acid groups (broad SMARTS) is 1. The molecule has 0 saturated carbocycles. The molecule has 2 heterocycles. The second-order valence-corrected chi connectivity index (χ2v) is 4.38. The summed E-state index contributed by atoms with van der Waals surface area (Å²) in [7, 11) is 0. The molecule has 0 aromatic carbocycles. The average Bonchev–Trinajstić information content (AvgIpc) is 2.29. The van der Waals surface area contributed by atoms with Gasteiger partial charge in [-0.2, -0.15) is 0 Å². The van der Waals surface area contributed by atoms with E-state index in [0.29, 0.717) is 0 Å². The highest BCUT2D eigenvalue weighted by Gasteiger charge is 2.35. The van der Waals surface area contributed by atoms with Crippen LogP contribution in [0.15, 0.2) is 6.20 Å². The lowest BCUT2D eigenvalue weighted by molar-refractivity contribution is -0.0221. The van der Waals surface area contributed by atoms with Gasteiger partial charge in [0.25, 0.3) is 5.92 Å². The Morgan fingerprint density at radius 1 is 1.44 bits per heavy atom. The number of hydrogen-bond donors (Lipinski definition) is 1. The molecule has 98 valence electrons. The maximum atomic E-state index is 13.0. The number of piperidine rings is 1. The summed E-state index contributed by atoms with van der Waals surface area (Å²) in [6.07, 6.45) is 0.522. The number of hydrogen-bond acceptors (Lipinski definition) is 4. The first-order chi connectivity index (χ1) is 8.39. The third kappa shape index (κ3) is 2.66. The van der Waals surface area contributed by atoms with Gasteiger partial charge in [0.1, 0.15) is 0 Å². The summed E-state index contributed by atoms with van der Waals surface area (Å²) < 4.78 is 26.0. The third-order valence-corrected chi connectivity index (χ3v) is 2.98. The molecule has 0 radical (unpaired) electrons. The standard InChI is InChI=1S/C10H10ClF2N3O2/c11-7-8(14-5-6(15-7)9(17)18)16-3-1-10(12,13)2-4-16/h5H,1-4H2,(H,17,18). The van der Waals surface area contributed by atoms with E-state index in [1.165, 1.54) is 0 Å².